The summed E-state index contributed by atoms with van der Waals surface area (Å²) >= 11 is 1.10. The Balaban J connectivity index is 1.20. The number of urea groups is 1. The highest BCUT2D eigenvalue weighted by Crippen LogP contribution is 2.38. The molecule has 2 fully saturated rings. The lowest BCUT2D eigenvalue weighted by Gasteiger charge is -2.35. The molecule has 6 rings (SSSR count). The minimum Gasteiger partial charge on any atom is -0.492 e. The number of likely N-dealkylation sites (tertiary alicyclic amines) is 1. The highest BCUT2D eigenvalue weighted by atomic mass is 32.1. The number of carbonyl (C=O) groups excluding carboxylic acids is 4. The molecule has 1 unspecified atom stereocenters. The summed E-state index contributed by atoms with van der Waals surface area (Å²) in [7, 11) is 1.25. The van der Waals surface area contributed by atoms with Crippen molar-refractivity contribution < 1.29 is 28.7 Å². The maximum absolute atomic E-state index is 13.9. The molecular weight excluding hydrogens is 546 g/mol. The van der Waals surface area contributed by atoms with E-state index in [4.69, 9.17) is 9.47 Å². The Labute approximate surface area is 240 Å². The van der Waals surface area contributed by atoms with Gasteiger partial charge in [0.15, 0.2) is 10.8 Å². The maximum Gasteiger partial charge on any atom is 0.357 e. The number of fused-ring (bicyclic) bond motifs is 1. The van der Waals surface area contributed by atoms with Crippen molar-refractivity contribution in [3.63, 3.8) is 0 Å². The maximum atomic E-state index is 13.9. The first-order chi connectivity index (χ1) is 19.9. The Hall–Kier alpha value is -4.29. The fourth-order valence-corrected chi connectivity index (χ4v) is 6.31. The van der Waals surface area contributed by atoms with Gasteiger partial charge in [0.05, 0.1) is 12.8 Å². The van der Waals surface area contributed by atoms with Gasteiger partial charge in [0.1, 0.15) is 24.4 Å². The first kappa shape index (κ1) is 26.9. The number of esters is 1. The standard InChI is InChI=1S/C29H29N5O6S/c1-39-27(37)21-17-41-29(30-21)34-22-7-3-2-6-19(22)16-23(25(34)35)33-26(36)24(31-28(33)38)18-8-10-20(11-9-18)40-15-14-32-12-4-5-13-32/h2-3,6-11,17,23-24H,4-5,12-16H2,1H3,(H,31,38)/t23-,24?/m0/s1. The van der Waals surface area contributed by atoms with E-state index in [9.17, 15) is 19.2 Å². The van der Waals surface area contributed by atoms with Gasteiger partial charge in [-0.05, 0) is 55.3 Å². The molecule has 1 aromatic heterocycles. The Bertz CT molecular complexity index is 1480. The van der Waals surface area contributed by atoms with E-state index in [0.29, 0.717) is 23.6 Å². The Kier molecular flexibility index (Phi) is 7.41. The van der Waals surface area contributed by atoms with Gasteiger partial charge in [0.25, 0.3) is 11.8 Å². The average molecular weight is 576 g/mol. The molecule has 212 valence electrons. The Morgan fingerprint density at radius 3 is 2.56 bits per heavy atom. The number of para-hydroxylation sites is 1. The number of carbonyl (C=O) groups is 4. The summed E-state index contributed by atoms with van der Waals surface area (Å²) in [6, 6.07) is 11.7. The minimum atomic E-state index is -1.08. The van der Waals surface area contributed by atoms with Crippen LogP contribution in [0.3, 0.4) is 0 Å². The number of amides is 4. The monoisotopic (exact) mass is 575 g/mol. The molecule has 0 spiro atoms. The molecular formula is C29H29N5O6S. The molecule has 3 aliphatic rings. The minimum absolute atomic E-state index is 0.0680. The number of hydrogen-bond acceptors (Lipinski definition) is 9. The van der Waals surface area contributed by atoms with Gasteiger partial charge >= 0.3 is 12.0 Å². The molecule has 2 saturated heterocycles. The fraction of sp³-hybridized carbons (Fsp3) is 0.345. The molecule has 3 aromatic rings. The molecule has 3 aliphatic heterocycles. The number of methoxy groups -OCH3 is 1. The SMILES string of the molecule is COC(=O)c1csc(N2C(=O)[C@@H](N3C(=O)NC(c4ccc(OCCN5CCCC5)cc4)C3=O)Cc3ccccc32)n1. The first-order valence-electron chi connectivity index (χ1n) is 13.5. The summed E-state index contributed by atoms with van der Waals surface area (Å²) in [6.07, 6.45) is 2.62. The van der Waals surface area contributed by atoms with Crippen molar-refractivity contribution in [2.45, 2.75) is 31.3 Å². The zero-order valence-electron chi connectivity index (χ0n) is 22.4. The van der Waals surface area contributed by atoms with Gasteiger partial charge < -0.3 is 14.8 Å². The number of ether oxygens (including phenoxy) is 2. The third-order valence-corrected chi connectivity index (χ3v) is 8.43. The van der Waals surface area contributed by atoms with Gasteiger partial charge in [-0.2, -0.15) is 0 Å². The number of nitrogens with one attached hydrogen (secondary N) is 1. The normalized spacial score (nSPS) is 20.8. The molecule has 0 radical (unpaired) electrons. The van der Waals surface area contributed by atoms with Crippen molar-refractivity contribution in [2.24, 2.45) is 0 Å². The largest absolute Gasteiger partial charge is 0.492 e. The van der Waals surface area contributed by atoms with Crippen molar-refractivity contribution >= 4 is 46.0 Å². The summed E-state index contributed by atoms with van der Waals surface area (Å²) in [5.41, 5.74) is 2.02. The number of aromatic nitrogens is 1. The number of rotatable bonds is 8. The van der Waals surface area contributed by atoms with Crippen molar-refractivity contribution in [1.82, 2.24) is 20.1 Å². The number of benzene rings is 2. The highest BCUT2D eigenvalue weighted by molar-refractivity contribution is 7.14. The third kappa shape index (κ3) is 5.16. The molecule has 4 heterocycles. The van der Waals surface area contributed by atoms with Crippen LogP contribution in [0.15, 0.2) is 53.9 Å². The zero-order valence-corrected chi connectivity index (χ0v) is 23.3. The third-order valence-electron chi connectivity index (χ3n) is 7.60. The lowest BCUT2D eigenvalue weighted by atomic mass is 9.96. The summed E-state index contributed by atoms with van der Waals surface area (Å²) in [5.74, 6) is -0.932. The van der Waals surface area contributed by atoms with Crippen LogP contribution in [-0.2, 0) is 20.7 Å². The second kappa shape index (κ2) is 11.3. The summed E-state index contributed by atoms with van der Waals surface area (Å²) in [4.78, 5) is 61.7. The van der Waals surface area contributed by atoms with Gasteiger partial charge in [0, 0.05) is 18.3 Å². The van der Waals surface area contributed by atoms with E-state index in [2.05, 4.69) is 15.2 Å². The Morgan fingerprint density at radius 1 is 1.05 bits per heavy atom. The van der Waals surface area contributed by atoms with E-state index in [0.717, 1.165) is 41.4 Å². The molecule has 4 amide bonds. The van der Waals surface area contributed by atoms with E-state index >= 15 is 0 Å². The van der Waals surface area contributed by atoms with Crippen LogP contribution in [-0.4, -0.2) is 78.0 Å². The van der Waals surface area contributed by atoms with Crippen LogP contribution in [0.4, 0.5) is 15.6 Å². The molecule has 2 atom stereocenters. The van der Waals surface area contributed by atoms with Gasteiger partial charge in [-0.25, -0.2) is 19.5 Å². The molecule has 0 saturated carbocycles. The lowest BCUT2D eigenvalue weighted by molar-refractivity contribution is -0.134. The number of imide groups is 1. The van der Waals surface area contributed by atoms with Crippen molar-refractivity contribution in [2.75, 3.05) is 38.3 Å². The molecule has 2 aromatic carbocycles. The predicted octanol–water partition coefficient (Wildman–Crippen LogP) is 3.29. The first-order valence-corrected chi connectivity index (χ1v) is 14.4. The zero-order chi connectivity index (χ0) is 28.5. The Morgan fingerprint density at radius 2 is 1.80 bits per heavy atom. The van der Waals surface area contributed by atoms with E-state index in [1.165, 1.54) is 30.2 Å². The van der Waals surface area contributed by atoms with E-state index in [1.54, 1.807) is 36.4 Å². The van der Waals surface area contributed by atoms with Gasteiger partial charge in [-0.15, -0.1) is 11.3 Å². The molecule has 1 N–H and O–H groups in total. The quantitative estimate of drug-likeness (QED) is 0.321. The summed E-state index contributed by atoms with van der Waals surface area (Å²) < 4.78 is 10.6. The van der Waals surface area contributed by atoms with Gasteiger partial charge in [-0.1, -0.05) is 30.3 Å². The van der Waals surface area contributed by atoms with Crippen LogP contribution in [0.25, 0.3) is 0 Å². The van der Waals surface area contributed by atoms with Crippen LogP contribution in [0.1, 0.15) is 40.5 Å². The number of anilines is 2. The molecule has 0 bridgehead atoms. The number of thiazole rings is 1. The predicted molar refractivity (Wildman–Crippen MR) is 150 cm³/mol. The summed E-state index contributed by atoms with van der Waals surface area (Å²) in [6.45, 7) is 3.66. The number of hydrogen-bond donors (Lipinski definition) is 1. The van der Waals surface area contributed by atoms with Crippen LogP contribution in [0.5, 0.6) is 5.75 Å². The summed E-state index contributed by atoms with van der Waals surface area (Å²) in [5, 5.41) is 4.49. The molecule has 12 heteroatoms. The topological polar surface area (TPSA) is 121 Å². The van der Waals surface area contributed by atoms with Crippen LogP contribution < -0.4 is 15.0 Å². The van der Waals surface area contributed by atoms with Crippen molar-refractivity contribution in [3.8, 4) is 5.75 Å². The van der Waals surface area contributed by atoms with E-state index < -0.39 is 35.9 Å². The lowest BCUT2D eigenvalue weighted by Crippen LogP contribution is -2.53. The smallest absolute Gasteiger partial charge is 0.357 e. The van der Waals surface area contributed by atoms with Crippen LogP contribution in [0, 0.1) is 0 Å². The molecule has 11 nitrogen and oxygen atoms in total. The van der Waals surface area contributed by atoms with Crippen LogP contribution in [0.2, 0.25) is 0 Å². The highest BCUT2D eigenvalue weighted by Gasteiger charge is 2.49. The molecule has 41 heavy (non-hydrogen) atoms. The van der Waals surface area contributed by atoms with E-state index in [-0.39, 0.29) is 17.2 Å². The molecule has 0 aliphatic carbocycles. The van der Waals surface area contributed by atoms with Crippen molar-refractivity contribution in [1.29, 1.82) is 0 Å². The van der Waals surface area contributed by atoms with Gasteiger partial charge in [-0.3, -0.25) is 19.4 Å². The van der Waals surface area contributed by atoms with Gasteiger partial charge in [0.2, 0.25) is 0 Å². The van der Waals surface area contributed by atoms with Crippen molar-refractivity contribution in [3.05, 3.63) is 70.7 Å². The fourth-order valence-electron chi connectivity index (χ4n) is 5.50. The van der Waals surface area contributed by atoms with E-state index in [1.807, 2.05) is 12.1 Å². The second-order valence-corrected chi connectivity index (χ2v) is 10.9. The second-order valence-electron chi connectivity index (χ2n) is 10.1. The number of nitrogens with zero attached hydrogens (tertiary/aromatic N) is 4. The van der Waals surface area contributed by atoms with Crippen LogP contribution >= 0.6 is 11.3 Å². The average Bonchev–Trinajstić information content (AvgIpc) is 3.74.